The van der Waals surface area contributed by atoms with Crippen molar-refractivity contribution in [1.29, 1.82) is 0 Å². The Kier molecular flexibility index (Phi) is 3.58. The molecule has 0 bridgehead atoms. The molecule has 0 unspecified atom stereocenters. The first-order valence-corrected chi connectivity index (χ1v) is 6.59. The molecule has 0 saturated heterocycles. The fourth-order valence-electron chi connectivity index (χ4n) is 0.697. The molecule has 0 N–H and O–H groups in total. The molecule has 1 aromatic heterocycles. The van der Waals surface area contributed by atoms with E-state index in [1.54, 1.807) is 18.2 Å². The van der Waals surface area contributed by atoms with Crippen molar-refractivity contribution in [2.75, 3.05) is 5.75 Å². The zero-order chi connectivity index (χ0) is 9.90. The van der Waals surface area contributed by atoms with E-state index in [1.807, 2.05) is 0 Å². The van der Waals surface area contributed by atoms with Gasteiger partial charge in [-0.2, -0.15) is 0 Å². The first-order chi connectivity index (χ1) is 5.97. The number of halogens is 2. The highest BCUT2D eigenvalue weighted by Gasteiger charge is 2.00. The van der Waals surface area contributed by atoms with Crippen LogP contribution in [0.25, 0.3) is 6.08 Å². The maximum Gasteiger partial charge on any atom is 0.236 e. The number of hydrogen-bond donors (Lipinski definition) is 0. The SMILES string of the molecule is O=S(=O)(Cl)C/C=C\c1ccc(Br)o1. The van der Waals surface area contributed by atoms with Gasteiger partial charge in [0.15, 0.2) is 4.67 Å². The molecule has 72 valence electrons. The van der Waals surface area contributed by atoms with Gasteiger partial charge in [0.25, 0.3) is 0 Å². The fraction of sp³-hybridized carbons (Fsp3) is 0.143. The Morgan fingerprint density at radius 1 is 1.54 bits per heavy atom. The van der Waals surface area contributed by atoms with Crippen molar-refractivity contribution in [3.8, 4) is 0 Å². The highest BCUT2D eigenvalue weighted by Crippen LogP contribution is 2.15. The summed E-state index contributed by atoms with van der Waals surface area (Å²) in [5, 5.41) is 0. The summed E-state index contributed by atoms with van der Waals surface area (Å²) >= 11 is 3.12. The van der Waals surface area contributed by atoms with E-state index < -0.39 is 9.05 Å². The van der Waals surface area contributed by atoms with Gasteiger partial charge >= 0.3 is 0 Å². The van der Waals surface area contributed by atoms with Gasteiger partial charge in [-0.25, -0.2) is 8.42 Å². The monoisotopic (exact) mass is 284 g/mol. The lowest BCUT2D eigenvalue weighted by atomic mass is 10.4. The standard InChI is InChI=1S/C7H6BrClO3S/c8-7-4-3-6(12-7)2-1-5-13(9,10)11/h1-4H,5H2/b2-1-. The van der Waals surface area contributed by atoms with Crippen molar-refractivity contribution in [2.24, 2.45) is 0 Å². The maximum atomic E-state index is 10.5. The van der Waals surface area contributed by atoms with Crippen LogP contribution in [0.1, 0.15) is 5.76 Å². The maximum absolute atomic E-state index is 10.5. The molecular formula is C7H6BrClO3S. The summed E-state index contributed by atoms with van der Waals surface area (Å²) < 4.78 is 26.7. The van der Waals surface area contributed by atoms with Gasteiger partial charge in [0.2, 0.25) is 9.05 Å². The molecule has 6 heteroatoms. The second kappa shape index (κ2) is 4.30. The molecular weight excluding hydrogens is 279 g/mol. The summed E-state index contributed by atoms with van der Waals surface area (Å²) in [5.74, 6) is 0.375. The average Bonchev–Trinajstić information content (AvgIpc) is 2.33. The third-order valence-corrected chi connectivity index (χ3v) is 2.57. The van der Waals surface area contributed by atoms with E-state index in [1.165, 1.54) is 6.08 Å². The molecule has 0 saturated carbocycles. The van der Waals surface area contributed by atoms with E-state index in [2.05, 4.69) is 15.9 Å². The molecule has 0 amide bonds. The largest absolute Gasteiger partial charge is 0.450 e. The zero-order valence-electron chi connectivity index (χ0n) is 6.41. The molecule has 13 heavy (non-hydrogen) atoms. The number of rotatable bonds is 3. The molecule has 0 radical (unpaired) electrons. The van der Waals surface area contributed by atoms with Gasteiger partial charge in [0, 0.05) is 10.7 Å². The van der Waals surface area contributed by atoms with Crippen LogP contribution in [-0.2, 0) is 9.05 Å². The fourth-order valence-corrected chi connectivity index (χ4v) is 1.56. The summed E-state index contributed by atoms with van der Waals surface area (Å²) in [4.78, 5) is 0. The van der Waals surface area contributed by atoms with E-state index >= 15 is 0 Å². The minimum absolute atomic E-state index is 0.202. The van der Waals surface area contributed by atoms with E-state index in [4.69, 9.17) is 15.1 Å². The van der Waals surface area contributed by atoms with Gasteiger partial charge in [-0.15, -0.1) is 0 Å². The molecule has 0 aliphatic carbocycles. The Labute approximate surface area is 88.9 Å². The van der Waals surface area contributed by atoms with Crippen LogP contribution in [-0.4, -0.2) is 14.2 Å². The number of furan rings is 1. The van der Waals surface area contributed by atoms with Crippen molar-refractivity contribution in [2.45, 2.75) is 0 Å². The lowest BCUT2D eigenvalue weighted by molar-refractivity contribution is 0.531. The summed E-state index contributed by atoms with van der Waals surface area (Å²) in [7, 11) is 1.53. The van der Waals surface area contributed by atoms with E-state index in [9.17, 15) is 8.42 Å². The molecule has 0 aromatic carbocycles. The first kappa shape index (κ1) is 10.8. The van der Waals surface area contributed by atoms with Crippen LogP contribution >= 0.6 is 26.6 Å². The molecule has 0 aliphatic heterocycles. The van der Waals surface area contributed by atoms with Crippen LogP contribution in [0.15, 0.2) is 27.3 Å². The average molecular weight is 286 g/mol. The predicted molar refractivity (Wildman–Crippen MR) is 55.1 cm³/mol. The Hall–Kier alpha value is -0.260. The topological polar surface area (TPSA) is 47.3 Å². The molecule has 3 nitrogen and oxygen atoms in total. The third-order valence-electron chi connectivity index (χ3n) is 1.17. The van der Waals surface area contributed by atoms with Gasteiger partial charge in [-0.1, -0.05) is 6.08 Å². The van der Waals surface area contributed by atoms with Crippen molar-refractivity contribution in [3.05, 3.63) is 28.6 Å². The Morgan fingerprint density at radius 3 is 2.69 bits per heavy atom. The van der Waals surface area contributed by atoms with Crippen molar-refractivity contribution in [3.63, 3.8) is 0 Å². The Balaban J connectivity index is 2.60. The minimum atomic E-state index is -3.46. The van der Waals surface area contributed by atoms with E-state index in [0.717, 1.165) is 0 Å². The molecule has 1 heterocycles. The molecule has 0 spiro atoms. The second-order valence-electron chi connectivity index (χ2n) is 2.25. The minimum Gasteiger partial charge on any atom is -0.450 e. The van der Waals surface area contributed by atoms with Crippen LogP contribution in [0.5, 0.6) is 0 Å². The van der Waals surface area contributed by atoms with E-state index in [0.29, 0.717) is 10.4 Å². The molecule has 1 aromatic rings. The van der Waals surface area contributed by atoms with E-state index in [-0.39, 0.29) is 5.75 Å². The lowest BCUT2D eigenvalue weighted by Gasteiger charge is -1.85. The van der Waals surface area contributed by atoms with Gasteiger partial charge in [-0.3, -0.25) is 0 Å². The zero-order valence-corrected chi connectivity index (χ0v) is 9.56. The van der Waals surface area contributed by atoms with Gasteiger partial charge in [0.05, 0.1) is 5.75 Å². The Morgan fingerprint density at radius 2 is 2.23 bits per heavy atom. The Bertz CT molecular complexity index is 407. The molecule has 0 aliphatic rings. The molecule has 1 rings (SSSR count). The summed E-state index contributed by atoms with van der Waals surface area (Å²) in [6, 6.07) is 3.43. The smallest absolute Gasteiger partial charge is 0.236 e. The third kappa shape index (κ3) is 4.50. The first-order valence-electron chi connectivity index (χ1n) is 3.31. The quantitative estimate of drug-likeness (QED) is 0.802. The highest BCUT2D eigenvalue weighted by molar-refractivity contribution is 9.10. The van der Waals surface area contributed by atoms with Crippen molar-refractivity contribution < 1.29 is 12.8 Å². The highest BCUT2D eigenvalue weighted by atomic mass is 79.9. The normalized spacial score (nSPS) is 12.5. The van der Waals surface area contributed by atoms with Crippen LogP contribution in [0.4, 0.5) is 0 Å². The lowest BCUT2D eigenvalue weighted by Crippen LogP contribution is -1.91. The van der Waals surface area contributed by atoms with Gasteiger partial charge in [0.1, 0.15) is 5.76 Å². The van der Waals surface area contributed by atoms with Gasteiger partial charge in [-0.05, 0) is 34.1 Å². The number of hydrogen-bond acceptors (Lipinski definition) is 3. The summed E-state index contributed by atoms with van der Waals surface area (Å²) in [6.45, 7) is 0. The van der Waals surface area contributed by atoms with Crippen LogP contribution in [0.2, 0.25) is 0 Å². The van der Waals surface area contributed by atoms with Crippen LogP contribution < -0.4 is 0 Å². The molecule has 0 atom stereocenters. The van der Waals surface area contributed by atoms with Gasteiger partial charge < -0.3 is 4.42 Å². The van der Waals surface area contributed by atoms with Crippen molar-refractivity contribution >= 4 is 41.7 Å². The van der Waals surface area contributed by atoms with Crippen molar-refractivity contribution in [1.82, 2.24) is 0 Å². The molecule has 0 fully saturated rings. The predicted octanol–water partition coefficient (Wildman–Crippen LogP) is 2.62. The summed E-state index contributed by atoms with van der Waals surface area (Å²) in [6.07, 6.45) is 2.97. The van der Waals surface area contributed by atoms with Crippen LogP contribution in [0, 0.1) is 0 Å². The second-order valence-corrected chi connectivity index (χ2v) is 5.85. The summed E-state index contributed by atoms with van der Waals surface area (Å²) in [5.41, 5.74) is 0. The van der Waals surface area contributed by atoms with Crippen LogP contribution in [0.3, 0.4) is 0 Å².